The second-order valence-corrected chi connectivity index (χ2v) is 5.81. The van der Waals surface area contributed by atoms with Crippen molar-refractivity contribution >= 4 is 15.9 Å². The van der Waals surface area contributed by atoms with Crippen molar-refractivity contribution in [2.24, 2.45) is 5.92 Å². The van der Waals surface area contributed by atoms with Gasteiger partial charge in [0.05, 0.1) is 0 Å². The molecule has 0 amide bonds. The van der Waals surface area contributed by atoms with E-state index in [2.05, 4.69) is 57.8 Å². The molecule has 0 radical (unpaired) electrons. The predicted octanol–water partition coefficient (Wildman–Crippen LogP) is 3.10. The number of rotatable bonds is 4. The van der Waals surface area contributed by atoms with Gasteiger partial charge in [0.15, 0.2) is 0 Å². The summed E-state index contributed by atoms with van der Waals surface area (Å²) in [4.78, 5) is 0. The standard InChI is InChI=1S/C14H21BrN2/c1-11(13-4-6-14(15)7-5-13)17-10-12-3-2-8-16-9-12/h4-7,11-12,16-17H,2-3,8-10H2,1H3/t11-,12?/m0/s1. The molecule has 2 atom stereocenters. The van der Waals surface area contributed by atoms with E-state index in [1.54, 1.807) is 0 Å². The molecule has 0 saturated carbocycles. The Labute approximate surface area is 112 Å². The first-order valence-electron chi connectivity index (χ1n) is 6.45. The van der Waals surface area contributed by atoms with Gasteiger partial charge >= 0.3 is 0 Å². The van der Waals surface area contributed by atoms with Gasteiger partial charge in [0.25, 0.3) is 0 Å². The zero-order valence-corrected chi connectivity index (χ0v) is 12.0. The fourth-order valence-electron chi connectivity index (χ4n) is 2.31. The number of benzene rings is 1. The molecule has 17 heavy (non-hydrogen) atoms. The molecule has 1 aromatic rings. The molecule has 1 aliphatic heterocycles. The lowest BCUT2D eigenvalue weighted by molar-refractivity contribution is 0.348. The quantitative estimate of drug-likeness (QED) is 0.892. The first-order chi connectivity index (χ1) is 8.25. The predicted molar refractivity (Wildman–Crippen MR) is 76.2 cm³/mol. The third-order valence-corrected chi connectivity index (χ3v) is 4.01. The van der Waals surface area contributed by atoms with Crippen LogP contribution in [0.2, 0.25) is 0 Å². The Balaban J connectivity index is 1.80. The summed E-state index contributed by atoms with van der Waals surface area (Å²) >= 11 is 3.47. The number of nitrogens with one attached hydrogen (secondary N) is 2. The molecule has 1 aromatic carbocycles. The van der Waals surface area contributed by atoms with Crippen LogP contribution < -0.4 is 10.6 Å². The highest BCUT2D eigenvalue weighted by molar-refractivity contribution is 9.10. The van der Waals surface area contributed by atoms with Gasteiger partial charge in [-0.25, -0.2) is 0 Å². The normalized spacial score (nSPS) is 22.4. The van der Waals surface area contributed by atoms with E-state index < -0.39 is 0 Å². The Hall–Kier alpha value is -0.380. The summed E-state index contributed by atoms with van der Waals surface area (Å²) in [6, 6.07) is 9.01. The Kier molecular flexibility index (Phi) is 5.01. The highest BCUT2D eigenvalue weighted by Crippen LogP contribution is 2.17. The Morgan fingerprint density at radius 2 is 2.18 bits per heavy atom. The van der Waals surface area contributed by atoms with E-state index in [4.69, 9.17) is 0 Å². The van der Waals surface area contributed by atoms with E-state index in [0.29, 0.717) is 6.04 Å². The minimum absolute atomic E-state index is 0.435. The van der Waals surface area contributed by atoms with Crippen LogP contribution in [-0.4, -0.2) is 19.6 Å². The lowest BCUT2D eigenvalue weighted by Crippen LogP contribution is -2.36. The van der Waals surface area contributed by atoms with Gasteiger partial charge in [0.2, 0.25) is 0 Å². The lowest BCUT2D eigenvalue weighted by Gasteiger charge is -2.25. The maximum atomic E-state index is 3.63. The third kappa shape index (κ3) is 4.09. The van der Waals surface area contributed by atoms with Gasteiger partial charge in [0.1, 0.15) is 0 Å². The topological polar surface area (TPSA) is 24.1 Å². The van der Waals surface area contributed by atoms with Crippen molar-refractivity contribution in [1.29, 1.82) is 0 Å². The largest absolute Gasteiger partial charge is 0.316 e. The molecule has 2 N–H and O–H groups in total. The smallest absolute Gasteiger partial charge is 0.0291 e. The summed E-state index contributed by atoms with van der Waals surface area (Å²) < 4.78 is 1.14. The van der Waals surface area contributed by atoms with Crippen molar-refractivity contribution in [3.8, 4) is 0 Å². The van der Waals surface area contributed by atoms with Gasteiger partial charge in [-0.3, -0.25) is 0 Å². The second kappa shape index (κ2) is 6.53. The maximum Gasteiger partial charge on any atom is 0.0291 e. The monoisotopic (exact) mass is 296 g/mol. The molecular weight excluding hydrogens is 276 g/mol. The molecular formula is C14H21BrN2. The lowest BCUT2D eigenvalue weighted by atomic mass is 9.99. The summed E-state index contributed by atoms with van der Waals surface area (Å²) in [5, 5.41) is 7.09. The average Bonchev–Trinajstić information content (AvgIpc) is 2.38. The van der Waals surface area contributed by atoms with Crippen molar-refractivity contribution in [3.63, 3.8) is 0 Å². The van der Waals surface area contributed by atoms with Gasteiger partial charge in [-0.05, 0) is 63.0 Å². The second-order valence-electron chi connectivity index (χ2n) is 4.89. The van der Waals surface area contributed by atoms with Crippen LogP contribution in [0.3, 0.4) is 0 Å². The van der Waals surface area contributed by atoms with Crippen LogP contribution in [-0.2, 0) is 0 Å². The fraction of sp³-hybridized carbons (Fsp3) is 0.571. The average molecular weight is 297 g/mol. The van der Waals surface area contributed by atoms with Crippen LogP contribution in [0.1, 0.15) is 31.4 Å². The van der Waals surface area contributed by atoms with Crippen molar-refractivity contribution in [3.05, 3.63) is 34.3 Å². The molecule has 1 aliphatic rings. The van der Waals surface area contributed by atoms with Gasteiger partial charge < -0.3 is 10.6 Å². The van der Waals surface area contributed by atoms with Gasteiger partial charge in [-0.2, -0.15) is 0 Å². The van der Waals surface area contributed by atoms with Crippen molar-refractivity contribution in [2.75, 3.05) is 19.6 Å². The van der Waals surface area contributed by atoms with E-state index in [1.807, 2.05) is 0 Å². The van der Waals surface area contributed by atoms with E-state index in [-0.39, 0.29) is 0 Å². The maximum absolute atomic E-state index is 3.63. The van der Waals surface area contributed by atoms with Crippen molar-refractivity contribution in [2.45, 2.75) is 25.8 Å². The van der Waals surface area contributed by atoms with E-state index in [1.165, 1.54) is 31.5 Å². The zero-order chi connectivity index (χ0) is 12.1. The van der Waals surface area contributed by atoms with Crippen LogP contribution in [0.4, 0.5) is 0 Å². The fourth-order valence-corrected chi connectivity index (χ4v) is 2.58. The third-order valence-electron chi connectivity index (χ3n) is 3.48. The van der Waals surface area contributed by atoms with Crippen molar-refractivity contribution < 1.29 is 0 Å². The molecule has 2 rings (SSSR count). The van der Waals surface area contributed by atoms with E-state index in [9.17, 15) is 0 Å². The zero-order valence-electron chi connectivity index (χ0n) is 10.4. The van der Waals surface area contributed by atoms with Crippen LogP contribution in [0.15, 0.2) is 28.7 Å². The molecule has 1 heterocycles. The SMILES string of the molecule is C[C@H](NCC1CCCNC1)c1ccc(Br)cc1. The summed E-state index contributed by atoms with van der Waals surface area (Å²) in [7, 11) is 0. The number of hydrogen-bond acceptors (Lipinski definition) is 2. The molecule has 2 nitrogen and oxygen atoms in total. The van der Waals surface area contributed by atoms with Crippen LogP contribution in [0.5, 0.6) is 0 Å². The molecule has 0 spiro atoms. The van der Waals surface area contributed by atoms with Crippen molar-refractivity contribution in [1.82, 2.24) is 10.6 Å². The molecule has 1 saturated heterocycles. The molecule has 0 bridgehead atoms. The number of piperidine rings is 1. The summed E-state index contributed by atoms with van der Waals surface area (Å²) in [5.74, 6) is 0.793. The molecule has 94 valence electrons. The summed E-state index contributed by atoms with van der Waals surface area (Å²) in [5.41, 5.74) is 1.36. The molecule has 3 heteroatoms. The molecule has 0 aliphatic carbocycles. The van der Waals surface area contributed by atoms with E-state index >= 15 is 0 Å². The Bertz CT molecular complexity index is 331. The molecule has 0 aromatic heterocycles. The van der Waals surface area contributed by atoms with Gasteiger partial charge in [0, 0.05) is 10.5 Å². The van der Waals surface area contributed by atoms with Crippen LogP contribution in [0.25, 0.3) is 0 Å². The van der Waals surface area contributed by atoms with Gasteiger partial charge in [-0.15, -0.1) is 0 Å². The Morgan fingerprint density at radius 1 is 1.41 bits per heavy atom. The summed E-state index contributed by atoms with van der Waals surface area (Å²) in [6.07, 6.45) is 2.67. The first-order valence-corrected chi connectivity index (χ1v) is 7.24. The highest BCUT2D eigenvalue weighted by atomic mass is 79.9. The van der Waals surface area contributed by atoms with Gasteiger partial charge in [-0.1, -0.05) is 28.1 Å². The first kappa shape index (κ1) is 13.1. The molecule has 1 unspecified atom stereocenters. The highest BCUT2D eigenvalue weighted by Gasteiger charge is 2.14. The van der Waals surface area contributed by atoms with Crippen LogP contribution >= 0.6 is 15.9 Å². The van der Waals surface area contributed by atoms with Crippen LogP contribution in [0, 0.1) is 5.92 Å². The number of halogens is 1. The number of hydrogen-bond donors (Lipinski definition) is 2. The Morgan fingerprint density at radius 3 is 2.82 bits per heavy atom. The minimum atomic E-state index is 0.435. The summed E-state index contributed by atoms with van der Waals surface area (Å²) in [6.45, 7) is 5.71. The minimum Gasteiger partial charge on any atom is -0.316 e. The molecule has 1 fully saturated rings. The van der Waals surface area contributed by atoms with E-state index in [0.717, 1.165) is 16.9 Å².